The van der Waals surface area contributed by atoms with Gasteiger partial charge in [0.05, 0.1) is 0 Å². The monoisotopic (exact) mass is 661 g/mol. The summed E-state index contributed by atoms with van der Waals surface area (Å²) < 4.78 is 23.1. The molecule has 0 radical (unpaired) electrons. The van der Waals surface area contributed by atoms with Crippen molar-refractivity contribution >= 4 is 32.1 Å². The van der Waals surface area contributed by atoms with E-state index < -0.39 is 14.3 Å². The topological polar surface area (TPSA) is 122 Å². The third-order valence-electron chi connectivity index (χ3n) is 9.08. The van der Waals surface area contributed by atoms with Crippen LogP contribution in [0.2, 0.25) is 6.04 Å². The van der Waals surface area contributed by atoms with Crippen molar-refractivity contribution in [2.45, 2.75) is 45.7 Å². The van der Waals surface area contributed by atoms with E-state index >= 15 is 0 Å². The Hall–Kier alpha value is -4.10. The van der Waals surface area contributed by atoms with E-state index in [1.807, 2.05) is 41.3 Å². The Morgan fingerprint density at radius 2 is 1.38 bits per heavy atom. The van der Waals surface area contributed by atoms with E-state index in [2.05, 4.69) is 61.1 Å². The van der Waals surface area contributed by atoms with Crippen molar-refractivity contribution in [3.05, 3.63) is 81.9 Å². The average Bonchev–Trinajstić information content (AvgIpc) is 3.31. The highest BCUT2D eigenvalue weighted by atomic mass is 28.4. The highest BCUT2D eigenvalue weighted by Crippen LogP contribution is 2.58. The van der Waals surface area contributed by atoms with Gasteiger partial charge in [-0.05, 0) is 69.0 Å². The minimum absolute atomic E-state index is 0.0940. The molecule has 3 aromatic carbocycles. The third-order valence-corrected chi connectivity index (χ3v) is 11.9. The Morgan fingerprint density at radius 1 is 0.830 bits per heavy atom. The van der Waals surface area contributed by atoms with Crippen LogP contribution in [0.3, 0.4) is 0 Å². The summed E-state index contributed by atoms with van der Waals surface area (Å²) in [5.41, 5.74) is 6.42. The number of urea groups is 1. The highest BCUT2D eigenvalue weighted by Gasteiger charge is 2.56. The Morgan fingerprint density at radius 3 is 1.94 bits per heavy atom. The number of nitrogens with one attached hydrogen (secondary N) is 4. The Labute approximate surface area is 278 Å². The molecule has 3 aromatic rings. The molecular formula is C35H47N5O6Si. The number of ether oxygens (including phenoxy) is 1. The van der Waals surface area contributed by atoms with Crippen LogP contribution in [-0.4, -0.2) is 79.7 Å². The van der Waals surface area contributed by atoms with E-state index in [0.717, 1.165) is 52.3 Å². The van der Waals surface area contributed by atoms with E-state index in [0.29, 0.717) is 36.1 Å². The first kappa shape index (κ1) is 34.2. The van der Waals surface area contributed by atoms with Crippen molar-refractivity contribution in [1.82, 2.24) is 15.5 Å². The molecule has 2 aliphatic heterocycles. The van der Waals surface area contributed by atoms with Gasteiger partial charge in [0, 0.05) is 100 Å². The van der Waals surface area contributed by atoms with Crippen LogP contribution in [0.1, 0.15) is 58.4 Å². The van der Waals surface area contributed by atoms with Gasteiger partial charge in [0.15, 0.2) is 0 Å². The minimum atomic E-state index is -2.71. The Balaban J connectivity index is 1.49. The van der Waals surface area contributed by atoms with Crippen molar-refractivity contribution in [1.29, 1.82) is 0 Å². The van der Waals surface area contributed by atoms with Crippen LogP contribution in [-0.2, 0) is 18.8 Å². The fourth-order valence-corrected chi connectivity index (χ4v) is 8.54. The first-order valence-electron chi connectivity index (χ1n) is 16.2. The highest BCUT2D eigenvalue weighted by molar-refractivity contribution is 6.60. The lowest BCUT2D eigenvalue weighted by Gasteiger charge is -2.45. The lowest BCUT2D eigenvalue weighted by molar-refractivity contribution is 0.0668. The van der Waals surface area contributed by atoms with Gasteiger partial charge in [-0.15, -0.1) is 0 Å². The fourth-order valence-electron chi connectivity index (χ4n) is 6.82. The van der Waals surface area contributed by atoms with Crippen molar-refractivity contribution in [3.63, 3.8) is 0 Å². The van der Waals surface area contributed by atoms with Gasteiger partial charge < -0.3 is 44.2 Å². The van der Waals surface area contributed by atoms with Gasteiger partial charge in [-0.1, -0.05) is 18.2 Å². The normalized spacial score (nSPS) is 14.3. The SMILES string of the molecule is CCNc1cc2c(cc1C)C1(c3cc(C)c(NCC)cc3O2)c2ccccc2C(=O)N1CCNC(=O)NCCC[Si](OC)(OC)OC. The van der Waals surface area contributed by atoms with Crippen molar-refractivity contribution in [3.8, 4) is 11.5 Å². The molecule has 5 rings (SSSR count). The molecular weight excluding hydrogens is 615 g/mol. The number of anilines is 2. The molecule has 2 heterocycles. The first-order valence-corrected chi connectivity index (χ1v) is 18.2. The number of hydrogen-bond acceptors (Lipinski definition) is 8. The number of hydrogen-bond donors (Lipinski definition) is 4. The molecule has 0 bridgehead atoms. The van der Waals surface area contributed by atoms with Crippen molar-refractivity contribution in [2.75, 3.05) is 64.7 Å². The number of fused-ring (bicyclic) bond motifs is 6. The molecule has 3 amide bonds. The molecule has 0 fully saturated rings. The number of rotatable bonds is 14. The van der Waals surface area contributed by atoms with Crippen molar-refractivity contribution in [2.24, 2.45) is 0 Å². The molecule has 0 aromatic heterocycles. The Kier molecular flexibility index (Phi) is 10.4. The van der Waals surface area contributed by atoms with Crippen LogP contribution < -0.4 is 26.0 Å². The zero-order chi connectivity index (χ0) is 33.8. The maximum Gasteiger partial charge on any atom is 0.500 e. The van der Waals surface area contributed by atoms with E-state index in [1.165, 1.54) is 0 Å². The zero-order valence-corrected chi connectivity index (χ0v) is 29.5. The molecule has 0 aliphatic carbocycles. The van der Waals surface area contributed by atoms with Gasteiger partial charge in [-0.25, -0.2) is 4.79 Å². The average molecular weight is 662 g/mol. The summed E-state index contributed by atoms with van der Waals surface area (Å²) in [6.07, 6.45) is 0.633. The number of benzene rings is 3. The number of nitrogens with zero attached hydrogens (tertiary/aromatic N) is 1. The van der Waals surface area contributed by atoms with Crippen molar-refractivity contribution < 1.29 is 27.6 Å². The maximum atomic E-state index is 14.4. The Bertz CT molecular complexity index is 1560. The molecule has 0 unspecified atom stereocenters. The predicted octanol–water partition coefficient (Wildman–Crippen LogP) is 5.59. The van der Waals surface area contributed by atoms with Crippen LogP contribution in [0.4, 0.5) is 16.2 Å². The summed E-state index contributed by atoms with van der Waals surface area (Å²) in [7, 11) is 2.01. The maximum absolute atomic E-state index is 14.4. The van der Waals surface area contributed by atoms with Crippen LogP contribution in [0.5, 0.6) is 11.5 Å². The lowest BCUT2D eigenvalue weighted by Crippen LogP contribution is -2.50. The molecule has 2 aliphatic rings. The van der Waals surface area contributed by atoms with Gasteiger partial charge in [-0.3, -0.25) is 4.79 Å². The largest absolute Gasteiger partial charge is 0.500 e. The molecule has 4 N–H and O–H groups in total. The second-order valence-electron chi connectivity index (χ2n) is 11.8. The van der Waals surface area contributed by atoms with E-state index in [9.17, 15) is 9.59 Å². The number of amides is 3. The number of carbonyl (C=O) groups is 2. The van der Waals surface area contributed by atoms with Crippen LogP contribution in [0, 0.1) is 13.8 Å². The van der Waals surface area contributed by atoms with Gasteiger partial charge in [-0.2, -0.15) is 0 Å². The van der Waals surface area contributed by atoms with Gasteiger partial charge in [0.25, 0.3) is 5.91 Å². The smallest absolute Gasteiger partial charge is 0.456 e. The molecule has 0 saturated heterocycles. The second kappa shape index (κ2) is 14.3. The third kappa shape index (κ3) is 6.18. The van der Waals surface area contributed by atoms with E-state index in [1.54, 1.807) is 21.3 Å². The van der Waals surface area contributed by atoms with Crippen LogP contribution in [0.15, 0.2) is 48.5 Å². The molecule has 11 nitrogen and oxygen atoms in total. The second-order valence-corrected chi connectivity index (χ2v) is 14.9. The molecule has 0 atom stereocenters. The molecule has 12 heteroatoms. The van der Waals surface area contributed by atoms with Crippen LogP contribution >= 0.6 is 0 Å². The first-order chi connectivity index (χ1) is 22.7. The summed E-state index contributed by atoms with van der Waals surface area (Å²) in [6, 6.07) is 16.4. The predicted molar refractivity (Wildman–Crippen MR) is 186 cm³/mol. The molecule has 1 spiro atoms. The van der Waals surface area contributed by atoms with E-state index in [4.69, 9.17) is 18.0 Å². The summed E-state index contributed by atoms with van der Waals surface area (Å²) in [4.78, 5) is 29.1. The summed E-state index contributed by atoms with van der Waals surface area (Å²) in [5.74, 6) is 1.28. The van der Waals surface area contributed by atoms with E-state index in [-0.39, 0.29) is 25.0 Å². The summed E-state index contributed by atoms with van der Waals surface area (Å²) in [5, 5.41) is 12.8. The van der Waals surface area contributed by atoms with Crippen LogP contribution in [0.25, 0.3) is 0 Å². The standard InChI is InChI=1S/C35H47N5O6Si/c1-8-36-29-21-31-27(19-23(29)3)35(28-20-24(4)30(37-9-2)22-32(28)46-31)26-14-11-10-13-25(26)33(41)40(35)17-16-39-34(42)38-15-12-18-47(43-5,44-6)45-7/h10-11,13-14,19-22,36-37H,8-9,12,15-18H2,1-7H3,(H2,38,39,42). The van der Waals surface area contributed by atoms with Gasteiger partial charge in [0.2, 0.25) is 0 Å². The summed E-state index contributed by atoms with van der Waals surface area (Å²) >= 11 is 0. The molecule has 252 valence electrons. The molecule has 0 saturated carbocycles. The molecule has 47 heavy (non-hydrogen) atoms. The number of aryl methyl sites for hydroxylation is 2. The zero-order valence-electron chi connectivity index (χ0n) is 28.5. The number of carbonyl (C=O) groups excluding carboxylic acids is 2. The summed E-state index contributed by atoms with van der Waals surface area (Å²) in [6.45, 7) is 10.7. The fraction of sp³-hybridized carbons (Fsp3) is 0.429. The van der Waals surface area contributed by atoms with Gasteiger partial charge in [0.1, 0.15) is 17.0 Å². The van der Waals surface area contributed by atoms with Gasteiger partial charge >= 0.3 is 14.8 Å². The minimum Gasteiger partial charge on any atom is -0.456 e. The quantitative estimate of drug-likeness (QED) is 0.130. The lowest BCUT2D eigenvalue weighted by atomic mass is 9.73.